The van der Waals surface area contributed by atoms with E-state index in [9.17, 15) is 22.7 Å². The van der Waals surface area contributed by atoms with Crippen LogP contribution in [0, 0.1) is 5.82 Å². The minimum Gasteiger partial charge on any atom is -0.480 e. The zero-order valence-electron chi connectivity index (χ0n) is 18.3. The van der Waals surface area contributed by atoms with Crippen LogP contribution in [0.4, 0.5) is 4.39 Å². The van der Waals surface area contributed by atoms with E-state index in [1.54, 1.807) is 12.1 Å². The molecule has 0 bridgehead atoms. The minimum atomic E-state index is -4.14. The fourth-order valence-corrected chi connectivity index (χ4v) is 5.25. The number of sulfonamides is 1. The molecule has 0 aliphatic heterocycles. The van der Waals surface area contributed by atoms with E-state index in [1.807, 2.05) is 42.5 Å². The van der Waals surface area contributed by atoms with Gasteiger partial charge < -0.3 is 5.11 Å². The highest BCUT2D eigenvalue weighted by Crippen LogP contribution is 2.23. The normalized spacial score (nSPS) is 12.4. The summed E-state index contributed by atoms with van der Waals surface area (Å²) in [5, 5.41) is 17.3. The first kappa shape index (κ1) is 24.6. The highest BCUT2D eigenvalue weighted by Gasteiger charge is 2.26. The summed E-state index contributed by atoms with van der Waals surface area (Å²) in [4.78, 5) is 16.0. The Morgan fingerprint density at radius 2 is 1.74 bits per heavy atom. The van der Waals surface area contributed by atoms with Crippen molar-refractivity contribution >= 4 is 27.8 Å². The molecule has 0 amide bonds. The maximum absolute atomic E-state index is 13.1. The Kier molecular flexibility index (Phi) is 7.59. The van der Waals surface area contributed by atoms with Crippen molar-refractivity contribution in [3.8, 4) is 11.4 Å². The van der Waals surface area contributed by atoms with Gasteiger partial charge in [-0.2, -0.15) is 4.72 Å². The van der Waals surface area contributed by atoms with Crippen molar-refractivity contribution in [2.75, 3.05) is 0 Å². The molecule has 0 aliphatic carbocycles. The molecule has 0 aliphatic rings. The SMILES string of the molecule is O=C(O)C(Cc1cccc(CSc2n[nH]c(-c3ccccc3)n2)c1)NS(=O)(=O)c1ccc(F)cc1. The summed E-state index contributed by atoms with van der Waals surface area (Å²) in [7, 11) is -4.14. The van der Waals surface area contributed by atoms with E-state index in [4.69, 9.17) is 0 Å². The number of benzene rings is 3. The first-order valence-electron chi connectivity index (χ1n) is 10.5. The van der Waals surface area contributed by atoms with E-state index in [0.717, 1.165) is 35.4 Å². The number of carboxylic acids is 1. The third-order valence-electron chi connectivity index (χ3n) is 5.03. The molecule has 1 aromatic heterocycles. The predicted molar refractivity (Wildman–Crippen MR) is 130 cm³/mol. The highest BCUT2D eigenvalue weighted by molar-refractivity contribution is 7.98. The number of carboxylic acid groups (broad SMARTS) is 1. The van der Waals surface area contributed by atoms with Crippen molar-refractivity contribution in [1.29, 1.82) is 0 Å². The molecule has 1 unspecified atom stereocenters. The van der Waals surface area contributed by atoms with E-state index in [1.165, 1.54) is 11.8 Å². The third kappa shape index (κ3) is 6.53. The average Bonchev–Trinajstić information content (AvgIpc) is 3.32. The molecule has 0 saturated carbocycles. The topological polar surface area (TPSA) is 125 Å². The Labute approximate surface area is 205 Å². The lowest BCUT2D eigenvalue weighted by atomic mass is 10.0. The number of H-pyrrole nitrogens is 1. The number of rotatable bonds is 10. The van der Waals surface area contributed by atoms with Crippen LogP contribution in [0.3, 0.4) is 0 Å². The monoisotopic (exact) mass is 512 g/mol. The zero-order valence-corrected chi connectivity index (χ0v) is 19.9. The summed E-state index contributed by atoms with van der Waals surface area (Å²) in [6.07, 6.45) is -0.0624. The van der Waals surface area contributed by atoms with Gasteiger partial charge in [0, 0.05) is 11.3 Å². The fourth-order valence-electron chi connectivity index (χ4n) is 3.31. The lowest BCUT2D eigenvalue weighted by Crippen LogP contribution is -2.42. The molecule has 11 heteroatoms. The number of nitrogens with one attached hydrogen (secondary N) is 2. The molecular weight excluding hydrogens is 491 g/mol. The van der Waals surface area contributed by atoms with Gasteiger partial charge in [-0.05, 0) is 41.8 Å². The molecule has 0 saturated heterocycles. The maximum Gasteiger partial charge on any atom is 0.322 e. The second-order valence-electron chi connectivity index (χ2n) is 7.61. The molecule has 0 radical (unpaired) electrons. The summed E-state index contributed by atoms with van der Waals surface area (Å²) in [5.74, 6) is -0.696. The van der Waals surface area contributed by atoms with Crippen molar-refractivity contribution < 1.29 is 22.7 Å². The number of hydrogen-bond donors (Lipinski definition) is 3. The second kappa shape index (κ2) is 10.8. The molecular formula is C24H21FN4O4S2. The molecule has 1 atom stereocenters. The quantitative estimate of drug-likeness (QED) is 0.275. The van der Waals surface area contributed by atoms with Crippen LogP contribution in [0.25, 0.3) is 11.4 Å². The van der Waals surface area contributed by atoms with Gasteiger partial charge in [-0.25, -0.2) is 17.8 Å². The molecule has 1 heterocycles. The highest BCUT2D eigenvalue weighted by atomic mass is 32.2. The summed E-state index contributed by atoms with van der Waals surface area (Å²) in [6, 6.07) is 19.6. The number of nitrogens with zero attached hydrogens (tertiary/aromatic N) is 2. The fraction of sp³-hybridized carbons (Fsp3) is 0.125. The number of carbonyl (C=O) groups is 1. The van der Waals surface area contributed by atoms with Gasteiger partial charge in [0.15, 0.2) is 5.82 Å². The lowest BCUT2D eigenvalue weighted by Gasteiger charge is -2.15. The van der Waals surface area contributed by atoms with Crippen LogP contribution in [-0.4, -0.2) is 40.7 Å². The molecule has 0 fully saturated rings. The average molecular weight is 513 g/mol. The zero-order chi connectivity index (χ0) is 24.8. The summed E-state index contributed by atoms with van der Waals surface area (Å²) in [5.41, 5.74) is 2.48. The molecule has 3 N–H and O–H groups in total. The smallest absolute Gasteiger partial charge is 0.322 e. The Balaban J connectivity index is 1.41. The van der Waals surface area contributed by atoms with Gasteiger partial charge in [0.1, 0.15) is 11.9 Å². The maximum atomic E-state index is 13.1. The minimum absolute atomic E-state index is 0.0624. The van der Waals surface area contributed by atoms with E-state index in [0.29, 0.717) is 22.3 Å². The van der Waals surface area contributed by atoms with Crippen LogP contribution in [0.1, 0.15) is 11.1 Å². The van der Waals surface area contributed by atoms with Crippen molar-refractivity contribution in [2.24, 2.45) is 0 Å². The van der Waals surface area contributed by atoms with Crippen LogP contribution in [-0.2, 0) is 27.0 Å². The van der Waals surface area contributed by atoms with Crippen LogP contribution >= 0.6 is 11.8 Å². The van der Waals surface area contributed by atoms with E-state index >= 15 is 0 Å². The molecule has 8 nitrogen and oxygen atoms in total. The Morgan fingerprint density at radius 3 is 2.46 bits per heavy atom. The van der Waals surface area contributed by atoms with E-state index in [2.05, 4.69) is 19.9 Å². The van der Waals surface area contributed by atoms with Gasteiger partial charge in [-0.15, -0.1) is 5.10 Å². The molecule has 4 rings (SSSR count). The Bertz CT molecular complexity index is 1410. The molecule has 3 aromatic carbocycles. The van der Waals surface area contributed by atoms with Gasteiger partial charge in [0.2, 0.25) is 15.2 Å². The van der Waals surface area contributed by atoms with Crippen molar-refractivity contribution in [2.45, 2.75) is 28.3 Å². The van der Waals surface area contributed by atoms with E-state index in [-0.39, 0.29) is 11.3 Å². The van der Waals surface area contributed by atoms with Gasteiger partial charge in [0.25, 0.3) is 0 Å². The number of hydrogen-bond acceptors (Lipinski definition) is 6. The number of halogens is 1. The van der Waals surface area contributed by atoms with Crippen molar-refractivity contribution in [3.63, 3.8) is 0 Å². The van der Waals surface area contributed by atoms with Gasteiger partial charge in [-0.3, -0.25) is 9.89 Å². The van der Waals surface area contributed by atoms with Crippen LogP contribution in [0.15, 0.2) is 88.9 Å². The van der Waals surface area contributed by atoms with Gasteiger partial charge >= 0.3 is 5.97 Å². The largest absolute Gasteiger partial charge is 0.480 e. The van der Waals surface area contributed by atoms with E-state index < -0.39 is 27.9 Å². The summed E-state index contributed by atoms with van der Waals surface area (Å²) >= 11 is 1.42. The standard InChI is InChI=1S/C24H21FN4O4S2/c25-19-9-11-20(12-10-19)35(32,33)29-21(23(30)31)14-16-5-4-6-17(13-16)15-34-24-26-22(27-28-24)18-7-2-1-3-8-18/h1-13,21,29H,14-15H2,(H,30,31)(H,26,27,28). The predicted octanol–water partition coefficient (Wildman–Crippen LogP) is 3.88. The van der Waals surface area contributed by atoms with Crippen LogP contribution in [0.5, 0.6) is 0 Å². The molecule has 180 valence electrons. The number of aromatic amines is 1. The second-order valence-corrected chi connectivity index (χ2v) is 10.3. The summed E-state index contributed by atoms with van der Waals surface area (Å²) < 4.78 is 40.4. The van der Waals surface area contributed by atoms with Gasteiger partial charge in [-0.1, -0.05) is 66.4 Å². The third-order valence-corrected chi connectivity index (χ3v) is 7.44. The number of aromatic nitrogens is 3. The summed E-state index contributed by atoms with van der Waals surface area (Å²) in [6.45, 7) is 0. The van der Waals surface area contributed by atoms with Gasteiger partial charge in [0.05, 0.1) is 4.90 Å². The Morgan fingerprint density at radius 1 is 1.03 bits per heavy atom. The van der Waals surface area contributed by atoms with Crippen LogP contribution < -0.4 is 4.72 Å². The molecule has 0 spiro atoms. The molecule has 4 aromatic rings. The first-order valence-corrected chi connectivity index (χ1v) is 13.0. The van der Waals surface area contributed by atoms with Crippen molar-refractivity contribution in [3.05, 3.63) is 95.8 Å². The first-order chi connectivity index (χ1) is 16.8. The number of thioether (sulfide) groups is 1. The number of aliphatic carboxylic acids is 1. The van der Waals surface area contributed by atoms with Crippen LogP contribution in [0.2, 0.25) is 0 Å². The molecule has 35 heavy (non-hydrogen) atoms. The lowest BCUT2D eigenvalue weighted by molar-refractivity contribution is -0.138. The Hall–Kier alpha value is -3.54. The van der Waals surface area contributed by atoms with Crippen molar-refractivity contribution in [1.82, 2.24) is 19.9 Å².